The maximum Gasteiger partial charge on any atom is 0.270 e. The van der Waals surface area contributed by atoms with Gasteiger partial charge in [0.2, 0.25) is 5.91 Å². The molecular weight excluding hydrogens is 430 g/mol. The van der Waals surface area contributed by atoms with Crippen molar-refractivity contribution >= 4 is 34.3 Å². The molecule has 1 heterocycles. The van der Waals surface area contributed by atoms with Crippen LogP contribution in [0.4, 0.5) is 0 Å². The summed E-state index contributed by atoms with van der Waals surface area (Å²) >= 11 is 5.94. The summed E-state index contributed by atoms with van der Waals surface area (Å²) in [5.74, 6) is -0.0422. The van der Waals surface area contributed by atoms with Crippen molar-refractivity contribution in [3.8, 4) is 5.75 Å². The molecule has 0 bridgehead atoms. The van der Waals surface area contributed by atoms with Crippen LogP contribution in [0.3, 0.4) is 0 Å². The van der Waals surface area contributed by atoms with Gasteiger partial charge in [0, 0.05) is 29.4 Å². The van der Waals surface area contributed by atoms with E-state index in [0.29, 0.717) is 48.0 Å². The largest absolute Gasteiger partial charge is 0.488 e. The number of nitrogens with zero attached hydrogens (tertiary/aromatic N) is 1. The fraction of sp³-hybridized carbons (Fsp3) is 0.292. The minimum absolute atomic E-state index is 0.258. The minimum Gasteiger partial charge on any atom is -0.488 e. The first-order valence-electron chi connectivity index (χ1n) is 10.5. The smallest absolute Gasteiger partial charge is 0.270 e. The highest BCUT2D eigenvalue weighted by Crippen LogP contribution is 2.26. The van der Waals surface area contributed by atoms with Crippen LogP contribution >= 0.6 is 11.6 Å². The minimum atomic E-state index is -0.380. The lowest BCUT2D eigenvalue weighted by Crippen LogP contribution is -2.25. The zero-order chi connectivity index (χ0) is 22.8. The van der Waals surface area contributed by atoms with E-state index < -0.39 is 0 Å². The second kappa shape index (κ2) is 12.0. The van der Waals surface area contributed by atoms with Crippen molar-refractivity contribution in [1.29, 1.82) is 0 Å². The van der Waals surface area contributed by atoms with E-state index in [4.69, 9.17) is 21.5 Å². The molecule has 0 fully saturated rings. The van der Waals surface area contributed by atoms with Crippen LogP contribution in [0.25, 0.3) is 10.9 Å². The third kappa shape index (κ3) is 6.93. The Morgan fingerprint density at radius 1 is 1.00 bits per heavy atom. The van der Waals surface area contributed by atoms with Crippen molar-refractivity contribution in [1.82, 2.24) is 15.8 Å². The molecule has 3 aromatic rings. The Balaban J connectivity index is 1.58. The van der Waals surface area contributed by atoms with Crippen molar-refractivity contribution in [2.24, 2.45) is 0 Å². The summed E-state index contributed by atoms with van der Waals surface area (Å²) in [4.78, 5) is 28.1. The Morgan fingerprint density at radius 2 is 1.75 bits per heavy atom. The zero-order valence-corrected chi connectivity index (χ0v) is 18.4. The van der Waals surface area contributed by atoms with Crippen LogP contribution < -0.4 is 15.5 Å². The molecule has 0 saturated heterocycles. The molecule has 2 aromatic carbocycles. The summed E-state index contributed by atoms with van der Waals surface area (Å²) in [6, 6.07) is 16.6. The summed E-state index contributed by atoms with van der Waals surface area (Å²) in [6.07, 6.45) is 3.50. The molecule has 0 aliphatic rings. The predicted molar refractivity (Wildman–Crippen MR) is 123 cm³/mol. The second-order valence-corrected chi connectivity index (χ2v) is 7.83. The number of aromatic nitrogens is 1. The zero-order valence-electron chi connectivity index (χ0n) is 17.6. The van der Waals surface area contributed by atoms with Crippen LogP contribution in [-0.2, 0) is 11.4 Å². The molecular formula is C24H26ClN3O4. The quantitative estimate of drug-likeness (QED) is 0.222. The summed E-state index contributed by atoms with van der Waals surface area (Å²) in [5.41, 5.74) is 3.58. The average Bonchev–Trinajstić information content (AvgIpc) is 2.82. The number of amides is 2. The molecule has 0 atom stereocenters. The van der Waals surface area contributed by atoms with Crippen LogP contribution in [0.15, 0.2) is 54.6 Å². The van der Waals surface area contributed by atoms with Crippen molar-refractivity contribution < 1.29 is 19.5 Å². The van der Waals surface area contributed by atoms with Gasteiger partial charge < -0.3 is 10.1 Å². The standard InChI is InChI=1S/C24H26ClN3O4/c25-18-12-10-17(11-13-18)16-32-22-15-21(27-20-8-5-4-7-19(20)22)24(30)26-14-6-2-1-3-9-23(29)28-31/h4-5,7-8,10-13,15,31H,1-3,6,9,14,16H2,(H,26,30)(H,28,29). The third-order valence-corrected chi connectivity index (χ3v) is 5.21. The van der Waals surface area contributed by atoms with Gasteiger partial charge in [0.05, 0.1) is 5.52 Å². The number of ether oxygens (including phenoxy) is 1. The van der Waals surface area contributed by atoms with Gasteiger partial charge in [0.25, 0.3) is 5.91 Å². The van der Waals surface area contributed by atoms with Gasteiger partial charge in [-0.3, -0.25) is 14.8 Å². The number of carbonyl (C=O) groups excluding carboxylic acids is 2. The topological polar surface area (TPSA) is 101 Å². The number of halogens is 1. The van der Waals surface area contributed by atoms with E-state index in [0.717, 1.165) is 30.2 Å². The fourth-order valence-corrected chi connectivity index (χ4v) is 3.36. The van der Waals surface area contributed by atoms with Crippen LogP contribution in [0.2, 0.25) is 5.02 Å². The molecule has 168 valence electrons. The highest BCUT2D eigenvalue weighted by molar-refractivity contribution is 6.30. The first-order chi connectivity index (χ1) is 15.6. The maximum atomic E-state index is 12.6. The SMILES string of the molecule is O=C(CCCCCCNC(=O)c1cc(OCc2ccc(Cl)cc2)c2ccccc2n1)NO. The van der Waals surface area contributed by atoms with Crippen molar-refractivity contribution in [3.63, 3.8) is 0 Å². The van der Waals surface area contributed by atoms with E-state index in [1.54, 1.807) is 11.5 Å². The van der Waals surface area contributed by atoms with Gasteiger partial charge in [-0.2, -0.15) is 0 Å². The molecule has 0 spiro atoms. The van der Waals surface area contributed by atoms with Crippen LogP contribution in [-0.4, -0.2) is 28.6 Å². The summed E-state index contributed by atoms with van der Waals surface area (Å²) < 4.78 is 6.02. The van der Waals surface area contributed by atoms with Gasteiger partial charge in [-0.15, -0.1) is 0 Å². The van der Waals surface area contributed by atoms with Crippen molar-refractivity contribution in [3.05, 3.63) is 70.9 Å². The molecule has 0 saturated carbocycles. The van der Waals surface area contributed by atoms with Crippen LogP contribution in [0, 0.1) is 0 Å². The fourth-order valence-electron chi connectivity index (χ4n) is 3.23. The molecule has 2 amide bonds. The number of nitrogens with one attached hydrogen (secondary N) is 2. The summed E-state index contributed by atoms with van der Waals surface area (Å²) in [6.45, 7) is 0.862. The van der Waals surface area contributed by atoms with Crippen molar-refractivity contribution in [2.75, 3.05) is 6.54 Å². The van der Waals surface area contributed by atoms with Gasteiger partial charge in [-0.05, 0) is 42.7 Å². The number of benzene rings is 2. The predicted octanol–water partition coefficient (Wildman–Crippen LogP) is 4.65. The highest BCUT2D eigenvalue weighted by Gasteiger charge is 2.13. The maximum absolute atomic E-state index is 12.6. The molecule has 0 radical (unpaired) electrons. The van der Waals surface area contributed by atoms with E-state index in [1.807, 2.05) is 48.5 Å². The van der Waals surface area contributed by atoms with Gasteiger partial charge in [0.15, 0.2) is 0 Å². The lowest BCUT2D eigenvalue weighted by Gasteiger charge is -2.12. The second-order valence-electron chi connectivity index (χ2n) is 7.39. The number of unbranched alkanes of at least 4 members (excludes halogenated alkanes) is 3. The van der Waals surface area contributed by atoms with Gasteiger partial charge in [-0.1, -0.05) is 48.7 Å². The van der Waals surface area contributed by atoms with E-state index in [9.17, 15) is 9.59 Å². The lowest BCUT2D eigenvalue weighted by atomic mass is 10.1. The first-order valence-corrected chi connectivity index (χ1v) is 10.9. The molecule has 1 aromatic heterocycles. The van der Waals surface area contributed by atoms with Gasteiger partial charge >= 0.3 is 0 Å². The molecule has 3 rings (SSSR count). The Labute approximate surface area is 191 Å². The Bertz CT molecular complexity index is 1060. The highest BCUT2D eigenvalue weighted by atomic mass is 35.5. The number of carbonyl (C=O) groups is 2. The number of fused-ring (bicyclic) bond motifs is 1. The molecule has 0 aliphatic carbocycles. The Morgan fingerprint density at radius 3 is 2.53 bits per heavy atom. The van der Waals surface area contributed by atoms with Gasteiger partial charge in [0.1, 0.15) is 18.1 Å². The number of hydrogen-bond donors (Lipinski definition) is 3. The molecule has 0 unspecified atom stereocenters. The first kappa shape index (κ1) is 23.5. The van der Waals surface area contributed by atoms with E-state index >= 15 is 0 Å². The molecule has 32 heavy (non-hydrogen) atoms. The van der Waals surface area contributed by atoms with E-state index in [1.165, 1.54) is 0 Å². The number of hydrogen-bond acceptors (Lipinski definition) is 5. The Kier molecular flexibility index (Phi) is 8.83. The number of hydroxylamine groups is 1. The number of para-hydroxylation sites is 1. The van der Waals surface area contributed by atoms with Crippen molar-refractivity contribution in [2.45, 2.75) is 38.7 Å². The van der Waals surface area contributed by atoms with E-state index in [2.05, 4.69) is 10.3 Å². The average molecular weight is 456 g/mol. The van der Waals surface area contributed by atoms with Crippen LogP contribution in [0.1, 0.15) is 48.2 Å². The molecule has 7 nitrogen and oxygen atoms in total. The molecule has 8 heteroatoms. The molecule has 0 aliphatic heterocycles. The lowest BCUT2D eigenvalue weighted by molar-refractivity contribution is -0.129. The third-order valence-electron chi connectivity index (χ3n) is 4.96. The monoisotopic (exact) mass is 455 g/mol. The summed E-state index contributed by atoms with van der Waals surface area (Å²) in [5, 5.41) is 12.9. The number of pyridine rings is 1. The summed E-state index contributed by atoms with van der Waals surface area (Å²) in [7, 11) is 0. The van der Waals surface area contributed by atoms with E-state index in [-0.39, 0.29) is 11.8 Å². The van der Waals surface area contributed by atoms with Crippen LogP contribution in [0.5, 0.6) is 5.75 Å². The number of rotatable bonds is 11. The Hall–Kier alpha value is -3.16. The normalized spacial score (nSPS) is 10.7. The van der Waals surface area contributed by atoms with Gasteiger partial charge in [-0.25, -0.2) is 10.5 Å². The molecule has 3 N–H and O–H groups in total.